The molecule has 3 heteroatoms. The van der Waals surface area contributed by atoms with Crippen LogP contribution < -0.4 is 5.73 Å². The number of hydrogen-bond acceptors (Lipinski definition) is 3. The van der Waals surface area contributed by atoms with E-state index in [9.17, 15) is 0 Å². The molecule has 3 N–H and O–H groups in total. The van der Waals surface area contributed by atoms with Crippen LogP contribution in [0.5, 0.6) is 0 Å². The lowest BCUT2D eigenvalue weighted by atomic mass is 10.4. The molecule has 0 rings (SSSR count). The molecule has 0 aliphatic rings. The molecule has 0 radical (unpaired) electrons. The van der Waals surface area contributed by atoms with Gasteiger partial charge in [0.15, 0.2) is 0 Å². The van der Waals surface area contributed by atoms with E-state index in [1.807, 2.05) is 0 Å². The smallest absolute Gasteiger partial charge is 0.0247 e. The van der Waals surface area contributed by atoms with E-state index in [2.05, 4.69) is 0 Å². The molecule has 0 saturated carbocycles. The van der Waals surface area contributed by atoms with Crippen molar-refractivity contribution >= 4 is 0 Å². The average Bonchev–Trinajstić information content (AvgIpc) is 1.61. The molecule has 0 aromatic carbocycles. The minimum absolute atomic E-state index is 0.644. The van der Waals surface area contributed by atoms with Crippen LogP contribution in [0.25, 0.3) is 0 Å². The van der Waals surface area contributed by atoms with Gasteiger partial charge in [-0.3, -0.25) is 0 Å². The van der Waals surface area contributed by atoms with Crippen molar-refractivity contribution < 1.29 is 5.21 Å². The molecule has 0 atom stereocenters. The van der Waals surface area contributed by atoms with Gasteiger partial charge in [0.25, 0.3) is 0 Å². The molecule has 0 heterocycles. The highest BCUT2D eigenvalue weighted by Crippen LogP contribution is 1.75. The van der Waals surface area contributed by atoms with E-state index in [0.29, 0.717) is 13.1 Å². The van der Waals surface area contributed by atoms with Crippen LogP contribution in [0.2, 0.25) is 0 Å². The Balaban J connectivity index is 2.68. The Morgan fingerprint density at radius 2 is 2.29 bits per heavy atom. The highest BCUT2D eigenvalue weighted by Gasteiger charge is 1.85. The summed E-state index contributed by atoms with van der Waals surface area (Å²) in [5.41, 5.74) is 5.14. The Morgan fingerprint density at radius 3 is 2.43 bits per heavy atom. The molecule has 0 aromatic rings. The van der Waals surface area contributed by atoms with Crippen molar-refractivity contribution in [3.05, 3.63) is 0 Å². The zero-order valence-electron chi connectivity index (χ0n) is 4.59. The maximum Gasteiger partial charge on any atom is 0.0247 e. The lowest BCUT2D eigenvalue weighted by Crippen LogP contribution is -2.16. The molecule has 7 heavy (non-hydrogen) atoms. The predicted molar refractivity (Wildman–Crippen MR) is 28.1 cm³/mol. The van der Waals surface area contributed by atoms with E-state index in [-0.39, 0.29) is 0 Å². The maximum atomic E-state index is 8.46. The van der Waals surface area contributed by atoms with Gasteiger partial charge in [-0.1, -0.05) is 0 Å². The molecular formula is C4H12N2O. The van der Waals surface area contributed by atoms with E-state index < -0.39 is 0 Å². The van der Waals surface area contributed by atoms with Gasteiger partial charge < -0.3 is 10.9 Å². The first kappa shape index (κ1) is 6.88. The van der Waals surface area contributed by atoms with Crippen LogP contribution in [0.1, 0.15) is 6.42 Å². The summed E-state index contributed by atoms with van der Waals surface area (Å²) in [4.78, 5) is 0. The molecule has 0 spiro atoms. The van der Waals surface area contributed by atoms with Crippen molar-refractivity contribution in [1.82, 2.24) is 5.06 Å². The van der Waals surface area contributed by atoms with Crippen LogP contribution in [0, 0.1) is 0 Å². The van der Waals surface area contributed by atoms with Gasteiger partial charge in [-0.05, 0) is 13.0 Å². The summed E-state index contributed by atoms with van der Waals surface area (Å²) >= 11 is 0. The van der Waals surface area contributed by atoms with E-state index in [1.165, 1.54) is 0 Å². The van der Waals surface area contributed by atoms with E-state index in [4.69, 9.17) is 10.9 Å². The minimum atomic E-state index is 0.644. The molecule has 44 valence electrons. The summed E-state index contributed by atoms with van der Waals surface area (Å²) in [7, 11) is 1.61. The Bertz CT molecular complexity index is 38.7. The Morgan fingerprint density at radius 1 is 1.71 bits per heavy atom. The number of hydroxylamine groups is 2. The molecule has 0 unspecified atom stereocenters. The van der Waals surface area contributed by atoms with Crippen molar-refractivity contribution in [3.8, 4) is 0 Å². The average molecular weight is 104 g/mol. The SMILES string of the molecule is CN(O)CCCN. The fraction of sp³-hybridized carbons (Fsp3) is 1.00. The van der Waals surface area contributed by atoms with Gasteiger partial charge in [-0.25, -0.2) is 0 Å². The molecule has 0 aliphatic carbocycles. The first-order valence-electron chi connectivity index (χ1n) is 2.37. The molecule has 0 saturated heterocycles. The lowest BCUT2D eigenvalue weighted by Gasteiger charge is -2.03. The van der Waals surface area contributed by atoms with Crippen molar-refractivity contribution in [1.29, 1.82) is 0 Å². The third-order valence-electron chi connectivity index (χ3n) is 0.686. The largest absolute Gasteiger partial charge is 0.330 e. The first-order chi connectivity index (χ1) is 3.27. The second kappa shape index (κ2) is 4.05. The normalized spacial score (nSPS) is 10.3. The fourth-order valence-electron chi connectivity index (χ4n) is 0.320. The third kappa shape index (κ3) is 5.88. The second-order valence-electron chi connectivity index (χ2n) is 1.52. The molecule has 0 bridgehead atoms. The van der Waals surface area contributed by atoms with Crippen molar-refractivity contribution in [3.63, 3.8) is 0 Å². The van der Waals surface area contributed by atoms with Crippen molar-refractivity contribution in [2.24, 2.45) is 5.73 Å². The van der Waals surface area contributed by atoms with Crippen LogP contribution in [-0.2, 0) is 0 Å². The van der Waals surface area contributed by atoms with Crippen LogP contribution in [0.4, 0.5) is 0 Å². The van der Waals surface area contributed by atoms with Gasteiger partial charge in [0.05, 0.1) is 0 Å². The van der Waals surface area contributed by atoms with Crippen LogP contribution in [0.3, 0.4) is 0 Å². The van der Waals surface area contributed by atoms with Gasteiger partial charge in [-0.2, -0.15) is 5.06 Å². The zero-order valence-corrected chi connectivity index (χ0v) is 4.59. The summed E-state index contributed by atoms with van der Waals surface area (Å²) in [6.45, 7) is 1.31. The number of rotatable bonds is 3. The van der Waals surface area contributed by atoms with E-state index in [1.54, 1.807) is 7.05 Å². The van der Waals surface area contributed by atoms with Gasteiger partial charge in [-0.15, -0.1) is 0 Å². The molecular weight excluding hydrogens is 92.1 g/mol. The molecule has 3 nitrogen and oxygen atoms in total. The fourth-order valence-corrected chi connectivity index (χ4v) is 0.320. The highest BCUT2D eigenvalue weighted by atomic mass is 16.5. The van der Waals surface area contributed by atoms with Crippen molar-refractivity contribution in [2.45, 2.75) is 6.42 Å². The van der Waals surface area contributed by atoms with Crippen LogP contribution >= 0.6 is 0 Å². The Labute approximate surface area is 43.7 Å². The number of hydrogen-bond donors (Lipinski definition) is 2. The van der Waals surface area contributed by atoms with Crippen LogP contribution in [0.15, 0.2) is 0 Å². The topological polar surface area (TPSA) is 49.5 Å². The van der Waals surface area contributed by atoms with Crippen LogP contribution in [-0.4, -0.2) is 30.4 Å². The van der Waals surface area contributed by atoms with E-state index in [0.717, 1.165) is 11.5 Å². The Kier molecular flexibility index (Phi) is 3.98. The van der Waals surface area contributed by atoms with Gasteiger partial charge in [0.1, 0.15) is 0 Å². The lowest BCUT2D eigenvalue weighted by molar-refractivity contribution is -0.0646. The van der Waals surface area contributed by atoms with Crippen molar-refractivity contribution in [2.75, 3.05) is 20.1 Å². The summed E-state index contributed by atoms with van der Waals surface area (Å²) in [5, 5.41) is 9.59. The minimum Gasteiger partial charge on any atom is -0.330 e. The first-order valence-corrected chi connectivity index (χ1v) is 2.37. The summed E-state index contributed by atoms with van der Waals surface area (Å²) < 4.78 is 0. The molecule has 0 fully saturated rings. The van der Waals surface area contributed by atoms with Gasteiger partial charge in [0.2, 0.25) is 0 Å². The molecule has 0 amide bonds. The van der Waals surface area contributed by atoms with Gasteiger partial charge in [0, 0.05) is 13.6 Å². The maximum absolute atomic E-state index is 8.46. The van der Waals surface area contributed by atoms with Gasteiger partial charge >= 0.3 is 0 Å². The third-order valence-corrected chi connectivity index (χ3v) is 0.686. The monoisotopic (exact) mass is 104 g/mol. The quantitative estimate of drug-likeness (QED) is 0.481. The summed E-state index contributed by atoms with van der Waals surface area (Å²) in [6.07, 6.45) is 0.854. The van der Waals surface area contributed by atoms with E-state index >= 15 is 0 Å². The highest BCUT2D eigenvalue weighted by molar-refractivity contribution is 4.37. The predicted octanol–water partition coefficient (Wildman–Crippen LogP) is -0.344. The zero-order chi connectivity index (χ0) is 5.70. The summed E-state index contributed by atoms with van der Waals surface area (Å²) in [6, 6.07) is 0. The Hall–Kier alpha value is -0.120. The second-order valence-corrected chi connectivity index (χ2v) is 1.52. The number of nitrogens with zero attached hydrogens (tertiary/aromatic N) is 1. The molecule has 0 aromatic heterocycles. The summed E-state index contributed by atoms with van der Waals surface area (Å²) in [5.74, 6) is 0. The standard InChI is InChI=1S/C4H12N2O/c1-6(7)4-2-3-5/h7H,2-5H2,1H3. The number of nitrogens with two attached hydrogens (primary N) is 1. The molecule has 0 aliphatic heterocycles.